The molecule has 45 heavy (non-hydrogen) atoms. The predicted octanol–water partition coefficient (Wildman–Crippen LogP) is 12.4. The highest BCUT2D eigenvalue weighted by atomic mass is 32.1. The van der Waals surface area contributed by atoms with Crippen LogP contribution in [0.1, 0.15) is 0 Å². The Hall–Kier alpha value is -5.64. The number of hydrogen-bond donors (Lipinski definition) is 0. The summed E-state index contributed by atoms with van der Waals surface area (Å²) in [6.07, 6.45) is 0. The van der Waals surface area contributed by atoms with Gasteiger partial charge in [0.1, 0.15) is 11.2 Å². The van der Waals surface area contributed by atoms with Gasteiger partial charge in [0, 0.05) is 58.5 Å². The number of aromatic nitrogens is 1. The second-order valence-electron chi connectivity index (χ2n) is 11.7. The topological polar surface area (TPSA) is 18.1 Å². The summed E-state index contributed by atoms with van der Waals surface area (Å²) < 4.78 is 11.7. The fraction of sp³-hybridized carbons (Fsp3) is 0. The van der Waals surface area contributed by atoms with Gasteiger partial charge in [0.15, 0.2) is 0 Å². The molecule has 0 aliphatic rings. The fourth-order valence-electron chi connectivity index (χ4n) is 7.16. The van der Waals surface area contributed by atoms with Crippen molar-refractivity contribution in [2.24, 2.45) is 0 Å². The molecular formula is C42H25NOS. The molecular weight excluding hydrogens is 567 g/mol. The molecule has 0 saturated carbocycles. The van der Waals surface area contributed by atoms with Gasteiger partial charge in [0.2, 0.25) is 0 Å². The van der Waals surface area contributed by atoms with E-state index in [1.54, 1.807) is 0 Å². The van der Waals surface area contributed by atoms with Crippen LogP contribution in [0.4, 0.5) is 0 Å². The Labute approximate surface area is 263 Å². The molecule has 0 bridgehead atoms. The summed E-state index contributed by atoms with van der Waals surface area (Å²) in [6, 6.07) is 54.6. The van der Waals surface area contributed by atoms with Crippen molar-refractivity contribution in [2.75, 3.05) is 0 Å². The molecule has 0 fully saturated rings. The Bertz CT molecular complexity index is 2760. The standard InChI is InChI=1S/C42H25NOS/c1-2-10-26(11-3-1)27-20-22-38-35(24-27)29-12-4-6-18-37(29)43(38)28-21-23-39-36(25-28)32-15-8-14-31(41(32)44-39)34-17-9-16-33-30-13-5-7-19-40(30)45-42(33)34/h1-25H. The van der Waals surface area contributed by atoms with Gasteiger partial charge < -0.3 is 8.98 Å². The highest BCUT2D eigenvalue weighted by Crippen LogP contribution is 2.44. The SMILES string of the molecule is c1ccc(-c2ccc3c(c2)c2ccccc2n3-c2ccc3oc4c(-c5cccc6c5sc5ccccc56)cccc4c3c2)cc1. The van der Waals surface area contributed by atoms with E-state index in [2.05, 4.69) is 156 Å². The number of hydrogen-bond acceptors (Lipinski definition) is 2. The van der Waals surface area contributed by atoms with E-state index < -0.39 is 0 Å². The van der Waals surface area contributed by atoms with E-state index in [1.807, 2.05) is 11.3 Å². The lowest BCUT2D eigenvalue weighted by Crippen LogP contribution is -1.93. The van der Waals surface area contributed by atoms with Gasteiger partial charge in [-0.2, -0.15) is 0 Å². The summed E-state index contributed by atoms with van der Waals surface area (Å²) >= 11 is 1.86. The third-order valence-corrected chi connectivity index (χ3v) is 10.4. The van der Waals surface area contributed by atoms with E-state index in [9.17, 15) is 0 Å². The maximum Gasteiger partial charge on any atom is 0.143 e. The average Bonchev–Trinajstić information content (AvgIpc) is 3.77. The molecule has 0 spiro atoms. The number of thiophene rings is 1. The van der Waals surface area contributed by atoms with Crippen LogP contribution in [0.2, 0.25) is 0 Å². The Balaban J connectivity index is 1.19. The third kappa shape index (κ3) is 3.62. The molecule has 0 aliphatic carbocycles. The highest BCUT2D eigenvalue weighted by molar-refractivity contribution is 7.26. The first-order chi connectivity index (χ1) is 22.3. The summed E-state index contributed by atoms with van der Waals surface area (Å²) in [5, 5.41) is 7.37. The average molecular weight is 592 g/mol. The molecule has 3 heteroatoms. The van der Waals surface area contributed by atoms with Crippen molar-refractivity contribution < 1.29 is 4.42 Å². The minimum Gasteiger partial charge on any atom is -0.455 e. The van der Waals surface area contributed by atoms with Crippen molar-refractivity contribution in [3.8, 4) is 27.9 Å². The monoisotopic (exact) mass is 591 g/mol. The van der Waals surface area contributed by atoms with E-state index in [-0.39, 0.29) is 0 Å². The maximum absolute atomic E-state index is 6.67. The van der Waals surface area contributed by atoms with Gasteiger partial charge >= 0.3 is 0 Å². The Morgan fingerprint density at radius 2 is 1.18 bits per heavy atom. The number of furan rings is 1. The van der Waals surface area contributed by atoms with Crippen molar-refractivity contribution in [1.29, 1.82) is 0 Å². The molecule has 210 valence electrons. The van der Waals surface area contributed by atoms with E-state index in [0.717, 1.165) is 33.2 Å². The molecule has 10 rings (SSSR count). The summed E-state index contributed by atoms with van der Waals surface area (Å²) in [5.74, 6) is 0. The van der Waals surface area contributed by atoms with Crippen molar-refractivity contribution in [3.05, 3.63) is 152 Å². The number of para-hydroxylation sites is 2. The van der Waals surface area contributed by atoms with Crippen LogP contribution in [0.3, 0.4) is 0 Å². The zero-order chi connectivity index (χ0) is 29.5. The fourth-order valence-corrected chi connectivity index (χ4v) is 8.39. The maximum atomic E-state index is 6.67. The molecule has 2 nitrogen and oxygen atoms in total. The summed E-state index contributed by atoms with van der Waals surface area (Å²) in [7, 11) is 0. The molecule has 0 unspecified atom stereocenters. The Morgan fingerprint density at radius 1 is 0.444 bits per heavy atom. The lowest BCUT2D eigenvalue weighted by Gasteiger charge is -2.09. The summed E-state index contributed by atoms with van der Waals surface area (Å²) in [6.45, 7) is 0. The van der Waals surface area contributed by atoms with Gasteiger partial charge in [-0.1, -0.05) is 109 Å². The number of rotatable bonds is 3. The van der Waals surface area contributed by atoms with Crippen LogP contribution < -0.4 is 0 Å². The minimum absolute atomic E-state index is 0.900. The van der Waals surface area contributed by atoms with Crippen molar-refractivity contribution in [3.63, 3.8) is 0 Å². The van der Waals surface area contributed by atoms with Crippen LogP contribution in [0.25, 0.3) is 91.9 Å². The zero-order valence-corrected chi connectivity index (χ0v) is 25.0. The first-order valence-electron chi connectivity index (χ1n) is 15.3. The van der Waals surface area contributed by atoms with Gasteiger partial charge in [-0.3, -0.25) is 0 Å². The minimum atomic E-state index is 0.900. The van der Waals surface area contributed by atoms with Gasteiger partial charge in [0.05, 0.1) is 11.0 Å². The van der Waals surface area contributed by atoms with Crippen LogP contribution in [-0.2, 0) is 0 Å². The molecule has 0 atom stereocenters. The van der Waals surface area contributed by atoms with Gasteiger partial charge in [-0.05, 0) is 53.6 Å². The molecule has 3 heterocycles. The van der Waals surface area contributed by atoms with Gasteiger partial charge in [-0.15, -0.1) is 11.3 Å². The lowest BCUT2D eigenvalue weighted by molar-refractivity contribution is 0.670. The first kappa shape index (κ1) is 24.8. The second kappa shape index (κ2) is 9.43. The summed E-state index contributed by atoms with van der Waals surface area (Å²) in [4.78, 5) is 0. The Kier molecular flexibility index (Phi) is 5.19. The van der Waals surface area contributed by atoms with E-state index in [1.165, 1.54) is 58.7 Å². The lowest BCUT2D eigenvalue weighted by atomic mass is 10.00. The van der Waals surface area contributed by atoms with E-state index in [4.69, 9.17) is 4.42 Å². The van der Waals surface area contributed by atoms with Gasteiger partial charge in [-0.25, -0.2) is 0 Å². The van der Waals surface area contributed by atoms with Crippen molar-refractivity contribution >= 4 is 75.3 Å². The molecule has 0 aliphatic heterocycles. The molecule has 3 aromatic heterocycles. The van der Waals surface area contributed by atoms with Crippen LogP contribution in [0.15, 0.2) is 156 Å². The van der Waals surface area contributed by atoms with E-state index >= 15 is 0 Å². The quantitative estimate of drug-likeness (QED) is 0.200. The summed E-state index contributed by atoms with van der Waals surface area (Å²) in [5.41, 5.74) is 10.2. The van der Waals surface area contributed by atoms with Crippen molar-refractivity contribution in [1.82, 2.24) is 4.57 Å². The largest absolute Gasteiger partial charge is 0.455 e. The zero-order valence-electron chi connectivity index (χ0n) is 24.2. The third-order valence-electron chi connectivity index (χ3n) is 9.21. The molecule has 0 amide bonds. The van der Waals surface area contributed by atoms with E-state index in [0.29, 0.717) is 0 Å². The second-order valence-corrected chi connectivity index (χ2v) is 12.7. The normalized spacial score (nSPS) is 12.0. The van der Waals surface area contributed by atoms with Crippen LogP contribution in [0, 0.1) is 0 Å². The number of nitrogens with zero attached hydrogens (tertiary/aromatic N) is 1. The predicted molar refractivity (Wildman–Crippen MR) is 192 cm³/mol. The number of fused-ring (bicyclic) bond motifs is 9. The van der Waals surface area contributed by atoms with Gasteiger partial charge in [0.25, 0.3) is 0 Å². The van der Waals surface area contributed by atoms with Crippen LogP contribution in [0.5, 0.6) is 0 Å². The first-order valence-corrected chi connectivity index (χ1v) is 16.1. The number of benzene rings is 7. The molecule has 10 aromatic rings. The molecule has 7 aromatic carbocycles. The molecule has 0 saturated heterocycles. The Morgan fingerprint density at radius 3 is 2.09 bits per heavy atom. The smallest absolute Gasteiger partial charge is 0.143 e. The molecule has 0 N–H and O–H groups in total. The highest BCUT2D eigenvalue weighted by Gasteiger charge is 2.18. The van der Waals surface area contributed by atoms with Crippen LogP contribution in [-0.4, -0.2) is 4.57 Å². The van der Waals surface area contributed by atoms with Crippen molar-refractivity contribution in [2.45, 2.75) is 0 Å². The van der Waals surface area contributed by atoms with Crippen LogP contribution >= 0.6 is 11.3 Å². The molecule has 0 radical (unpaired) electrons.